The molecule has 0 atom stereocenters. The van der Waals surface area contributed by atoms with Crippen LogP contribution in [0, 0.1) is 0 Å². The molecule has 2 rings (SSSR count). The highest BCUT2D eigenvalue weighted by Crippen LogP contribution is 2.34. The number of piperidine rings is 1. The van der Waals surface area contributed by atoms with Gasteiger partial charge in [0, 0.05) is 0 Å². The van der Waals surface area contributed by atoms with Gasteiger partial charge in [0.05, 0.1) is 11.5 Å². The molecule has 8 heteroatoms. The number of carbonyl (C=O) groups is 1. The SMILES string of the molecule is CCCCOc1ccc(S(=O)(=O)C2(C(=O)NO)CCNCC2)cc1. The fraction of sp³-hybridized carbons (Fsp3) is 0.562. The van der Waals surface area contributed by atoms with Crippen LogP contribution in [0.1, 0.15) is 32.6 Å². The summed E-state index contributed by atoms with van der Waals surface area (Å²) < 4.78 is 30.0. The summed E-state index contributed by atoms with van der Waals surface area (Å²) >= 11 is 0. The van der Waals surface area contributed by atoms with Crippen LogP contribution in [0.25, 0.3) is 0 Å². The number of hydroxylamine groups is 1. The lowest BCUT2D eigenvalue weighted by Crippen LogP contribution is -2.57. The molecule has 1 aliphatic heterocycles. The zero-order valence-corrected chi connectivity index (χ0v) is 14.6. The molecule has 0 aromatic heterocycles. The van der Waals surface area contributed by atoms with Crippen LogP contribution >= 0.6 is 0 Å². The van der Waals surface area contributed by atoms with Crippen LogP contribution in [0.3, 0.4) is 0 Å². The van der Waals surface area contributed by atoms with Gasteiger partial charge in [-0.3, -0.25) is 10.0 Å². The van der Waals surface area contributed by atoms with E-state index in [2.05, 4.69) is 12.2 Å². The number of nitrogens with one attached hydrogen (secondary N) is 2. The number of benzene rings is 1. The summed E-state index contributed by atoms with van der Waals surface area (Å²) in [5.41, 5.74) is 1.53. The largest absolute Gasteiger partial charge is 0.494 e. The number of rotatable bonds is 7. The summed E-state index contributed by atoms with van der Waals surface area (Å²) in [6.45, 7) is 3.42. The van der Waals surface area contributed by atoms with Gasteiger partial charge in [0.25, 0.3) is 5.91 Å². The fourth-order valence-corrected chi connectivity index (χ4v) is 4.80. The minimum Gasteiger partial charge on any atom is -0.494 e. The molecular formula is C16H24N2O5S. The van der Waals surface area contributed by atoms with Gasteiger partial charge in [-0.05, 0) is 56.6 Å². The summed E-state index contributed by atoms with van der Waals surface area (Å²) in [5, 5.41) is 12.1. The van der Waals surface area contributed by atoms with Gasteiger partial charge in [-0.2, -0.15) is 0 Å². The predicted molar refractivity (Wildman–Crippen MR) is 88.8 cm³/mol. The first-order valence-electron chi connectivity index (χ1n) is 8.10. The average Bonchev–Trinajstić information content (AvgIpc) is 2.62. The van der Waals surface area contributed by atoms with Gasteiger partial charge in [0.2, 0.25) is 0 Å². The second kappa shape index (κ2) is 7.96. The van der Waals surface area contributed by atoms with Crippen LogP contribution in [0.2, 0.25) is 0 Å². The summed E-state index contributed by atoms with van der Waals surface area (Å²) in [7, 11) is -3.94. The number of carbonyl (C=O) groups excluding carboxylic acids is 1. The van der Waals surface area contributed by atoms with Crippen molar-refractivity contribution in [3.8, 4) is 5.75 Å². The summed E-state index contributed by atoms with van der Waals surface area (Å²) in [5.74, 6) is -0.291. The van der Waals surface area contributed by atoms with Crippen LogP contribution in [0.4, 0.5) is 0 Å². The Labute approximate surface area is 142 Å². The first-order valence-corrected chi connectivity index (χ1v) is 9.59. The highest BCUT2D eigenvalue weighted by Gasteiger charge is 2.51. The molecule has 7 nitrogen and oxygen atoms in total. The van der Waals surface area contributed by atoms with Gasteiger partial charge < -0.3 is 10.1 Å². The van der Waals surface area contributed by atoms with E-state index in [-0.39, 0.29) is 17.7 Å². The molecule has 1 aromatic carbocycles. The van der Waals surface area contributed by atoms with Crippen molar-refractivity contribution in [2.45, 2.75) is 42.2 Å². The van der Waals surface area contributed by atoms with E-state index in [9.17, 15) is 13.2 Å². The predicted octanol–water partition coefficient (Wildman–Crippen LogP) is 1.27. The molecule has 0 bridgehead atoms. The van der Waals surface area contributed by atoms with E-state index < -0.39 is 20.5 Å². The summed E-state index contributed by atoms with van der Waals surface area (Å²) in [6.07, 6.45) is 2.15. The standard InChI is InChI=1S/C16H24N2O5S/c1-2-3-12-23-13-4-6-14(7-5-13)24(21,22)16(15(19)18-20)8-10-17-11-9-16/h4-7,17,20H,2-3,8-12H2,1H3,(H,18,19). The Morgan fingerprint density at radius 3 is 2.46 bits per heavy atom. The zero-order chi connectivity index (χ0) is 17.6. The van der Waals surface area contributed by atoms with E-state index in [0.717, 1.165) is 12.8 Å². The maximum atomic E-state index is 13.0. The molecule has 1 heterocycles. The van der Waals surface area contributed by atoms with E-state index in [0.29, 0.717) is 25.4 Å². The Morgan fingerprint density at radius 2 is 1.92 bits per heavy atom. The fourth-order valence-electron chi connectivity index (χ4n) is 2.83. The molecule has 1 amide bonds. The van der Waals surface area contributed by atoms with Crippen molar-refractivity contribution in [3.63, 3.8) is 0 Å². The van der Waals surface area contributed by atoms with E-state index in [1.165, 1.54) is 17.6 Å². The van der Waals surface area contributed by atoms with Gasteiger partial charge in [-0.25, -0.2) is 13.9 Å². The first-order chi connectivity index (χ1) is 11.5. The average molecular weight is 356 g/mol. The van der Waals surface area contributed by atoms with Crippen molar-refractivity contribution in [3.05, 3.63) is 24.3 Å². The van der Waals surface area contributed by atoms with Crippen molar-refractivity contribution >= 4 is 15.7 Å². The highest BCUT2D eigenvalue weighted by atomic mass is 32.2. The summed E-state index contributed by atoms with van der Waals surface area (Å²) in [4.78, 5) is 12.2. The lowest BCUT2D eigenvalue weighted by atomic mass is 9.96. The van der Waals surface area contributed by atoms with E-state index >= 15 is 0 Å². The Morgan fingerprint density at radius 1 is 1.29 bits per heavy atom. The van der Waals surface area contributed by atoms with E-state index in [1.54, 1.807) is 12.1 Å². The Bertz CT molecular complexity index is 652. The third-order valence-electron chi connectivity index (χ3n) is 4.34. The Kier molecular flexibility index (Phi) is 6.20. The number of sulfone groups is 1. The first kappa shape index (κ1) is 18.7. The number of hydrogen-bond donors (Lipinski definition) is 3. The van der Waals surface area contributed by atoms with E-state index in [1.807, 2.05) is 0 Å². The molecule has 1 aromatic rings. The molecule has 24 heavy (non-hydrogen) atoms. The zero-order valence-electron chi connectivity index (χ0n) is 13.7. The molecule has 0 unspecified atom stereocenters. The number of ether oxygens (including phenoxy) is 1. The van der Waals surface area contributed by atoms with Gasteiger partial charge in [-0.1, -0.05) is 13.3 Å². The molecule has 0 radical (unpaired) electrons. The quantitative estimate of drug-likeness (QED) is 0.386. The molecule has 0 spiro atoms. The molecule has 1 saturated heterocycles. The van der Waals surface area contributed by atoms with Crippen LogP contribution < -0.4 is 15.5 Å². The van der Waals surface area contributed by atoms with Crippen molar-refractivity contribution in [2.24, 2.45) is 0 Å². The maximum absolute atomic E-state index is 13.0. The van der Waals surface area contributed by atoms with Crippen molar-refractivity contribution in [2.75, 3.05) is 19.7 Å². The monoisotopic (exact) mass is 356 g/mol. The number of amides is 1. The third-order valence-corrected chi connectivity index (χ3v) is 6.86. The van der Waals surface area contributed by atoms with Crippen molar-refractivity contribution < 1.29 is 23.2 Å². The second-order valence-electron chi connectivity index (χ2n) is 5.86. The third kappa shape index (κ3) is 3.55. The van der Waals surface area contributed by atoms with Gasteiger partial charge in [0.1, 0.15) is 5.75 Å². The lowest BCUT2D eigenvalue weighted by molar-refractivity contribution is -0.132. The lowest BCUT2D eigenvalue weighted by Gasteiger charge is -2.34. The normalized spacial score (nSPS) is 17.2. The van der Waals surface area contributed by atoms with Gasteiger partial charge in [0.15, 0.2) is 14.6 Å². The number of hydrogen-bond acceptors (Lipinski definition) is 6. The van der Waals surface area contributed by atoms with Gasteiger partial charge >= 0.3 is 0 Å². The molecule has 1 aliphatic rings. The Hall–Kier alpha value is -1.64. The molecule has 3 N–H and O–H groups in total. The van der Waals surface area contributed by atoms with E-state index in [4.69, 9.17) is 9.94 Å². The second-order valence-corrected chi connectivity index (χ2v) is 8.12. The van der Waals surface area contributed by atoms with Crippen LogP contribution in [-0.4, -0.2) is 44.0 Å². The maximum Gasteiger partial charge on any atom is 0.265 e. The Balaban J connectivity index is 2.28. The molecule has 0 aliphatic carbocycles. The molecule has 0 saturated carbocycles. The molecular weight excluding hydrogens is 332 g/mol. The highest BCUT2D eigenvalue weighted by molar-refractivity contribution is 7.93. The minimum absolute atomic E-state index is 0.0517. The minimum atomic E-state index is -3.94. The van der Waals surface area contributed by atoms with Crippen LogP contribution in [-0.2, 0) is 14.6 Å². The molecule has 1 fully saturated rings. The number of unbranched alkanes of at least 4 members (excludes halogenated alkanes) is 1. The smallest absolute Gasteiger partial charge is 0.265 e. The van der Waals surface area contributed by atoms with Gasteiger partial charge in [-0.15, -0.1) is 0 Å². The van der Waals surface area contributed by atoms with Crippen LogP contribution in [0.5, 0.6) is 5.75 Å². The topological polar surface area (TPSA) is 105 Å². The van der Waals surface area contributed by atoms with Crippen LogP contribution in [0.15, 0.2) is 29.2 Å². The molecule has 134 valence electrons. The van der Waals surface area contributed by atoms with Crippen molar-refractivity contribution in [1.29, 1.82) is 0 Å². The van der Waals surface area contributed by atoms with Crippen molar-refractivity contribution in [1.82, 2.24) is 10.8 Å². The summed E-state index contributed by atoms with van der Waals surface area (Å²) in [6, 6.07) is 6.08.